The van der Waals surface area contributed by atoms with Crippen LogP contribution in [0, 0.1) is 5.92 Å². The molecule has 0 radical (unpaired) electrons. The van der Waals surface area contributed by atoms with Gasteiger partial charge in [0.15, 0.2) is 6.61 Å². The number of carbonyl (C=O) groups is 4. The summed E-state index contributed by atoms with van der Waals surface area (Å²) >= 11 is 0. The summed E-state index contributed by atoms with van der Waals surface area (Å²) in [6, 6.07) is 0. The highest BCUT2D eigenvalue weighted by atomic mass is 16.6. The van der Waals surface area contributed by atoms with Crippen LogP contribution >= 0.6 is 0 Å². The van der Waals surface area contributed by atoms with Gasteiger partial charge in [0.05, 0.1) is 6.61 Å². The van der Waals surface area contributed by atoms with Gasteiger partial charge in [-0.3, -0.25) is 4.79 Å². The normalized spacial score (nSPS) is 14.8. The maximum Gasteiger partial charge on any atom is 0.351 e. The lowest BCUT2D eigenvalue weighted by molar-refractivity contribution is -0.166. The van der Waals surface area contributed by atoms with E-state index in [4.69, 9.17) is 0 Å². The van der Waals surface area contributed by atoms with E-state index in [2.05, 4.69) is 14.2 Å². The Bertz CT molecular complexity index is 447. The Kier molecular flexibility index (Phi) is 7.88. The lowest BCUT2D eigenvalue weighted by Crippen LogP contribution is -2.20. The lowest BCUT2D eigenvalue weighted by atomic mass is 10.1. The molecule has 0 unspecified atom stereocenters. The van der Waals surface area contributed by atoms with Gasteiger partial charge in [-0.15, -0.1) is 0 Å². The third kappa shape index (κ3) is 7.56. The van der Waals surface area contributed by atoms with Crippen molar-refractivity contribution >= 4 is 23.9 Å². The van der Waals surface area contributed by atoms with E-state index >= 15 is 0 Å². The Balaban J connectivity index is 2.20. The second-order valence-corrected chi connectivity index (χ2v) is 4.89. The molecule has 7 nitrogen and oxygen atoms in total. The fraction of sp³-hybridized carbons (Fsp3) is 0.600. The van der Waals surface area contributed by atoms with E-state index in [9.17, 15) is 19.2 Å². The summed E-state index contributed by atoms with van der Waals surface area (Å²) in [5.41, 5.74) is 0. The molecular formula is C15H20O7. The molecule has 7 heteroatoms. The number of esters is 4. The van der Waals surface area contributed by atoms with Gasteiger partial charge in [-0.1, -0.05) is 12.8 Å². The van der Waals surface area contributed by atoms with Crippen LogP contribution in [0.2, 0.25) is 0 Å². The molecule has 0 aromatic rings. The molecule has 0 aromatic carbocycles. The predicted molar refractivity (Wildman–Crippen MR) is 74.4 cm³/mol. The number of rotatable bonds is 7. The first-order valence-corrected chi connectivity index (χ1v) is 7.26. The molecular weight excluding hydrogens is 292 g/mol. The highest BCUT2D eigenvalue weighted by Gasteiger charge is 2.21. The minimum atomic E-state index is -0.930. The lowest BCUT2D eigenvalue weighted by Gasteiger charge is -2.07. The average molecular weight is 312 g/mol. The van der Waals surface area contributed by atoms with E-state index < -0.39 is 30.5 Å². The van der Waals surface area contributed by atoms with Crippen LogP contribution in [0.15, 0.2) is 12.2 Å². The number of hydrogen-bond donors (Lipinski definition) is 0. The summed E-state index contributed by atoms with van der Waals surface area (Å²) < 4.78 is 13.7. The second kappa shape index (κ2) is 9.70. The number of carbonyl (C=O) groups excluding carboxylic acids is 4. The van der Waals surface area contributed by atoms with Crippen molar-refractivity contribution in [1.29, 1.82) is 0 Å². The van der Waals surface area contributed by atoms with Crippen LogP contribution in [-0.2, 0) is 33.4 Å². The SMILES string of the molecule is CCOC(=O)C=CC(=O)OCC(=O)OC(=O)CC1CCCC1. The molecule has 0 atom stereocenters. The van der Waals surface area contributed by atoms with Crippen LogP contribution in [0.1, 0.15) is 39.0 Å². The van der Waals surface area contributed by atoms with Gasteiger partial charge in [-0.2, -0.15) is 0 Å². The Morgan fingerprint density at radius 3 is 2.14 bits per heavy atom. The molecule has 22 heavy (non-hydrogen) atoms. The van der Waals surface area contributed by atoms with Crippen molar-refractivity contribution in [3.05, 3.63) is 12.2 Å². The molecule has 0 N–H and O–H groups in total. The third-order valence-corrected chi connectivity index (χ3v) is 3.13. The standard InChI is InChI=1S/C15H20O7/c1-2-20-12(16)7-8-13(17)21-10-15(19)22-14(18)9-11-5-3-4-6-11/h7-8,11H,2-6,9-10H2,1H3. The van der Waals surface area contributed by atoms with Crippen molar-refractivity contribution in [2.75, 3.05) is 13.2 Å². The first-order chi connectivity index (χ1) is 10.5. The highest BCUT2D eigenvalue weighted by Crippen LogP contribution is 2.27. The number of hydrogen-bond acceptors (Lipinski definition) is 7. The van der Waals surface area contributed by atoms with Crippen LogP contribution in [0.5, 0.6) is 0 Å². The van der Waals surface area contributed by atoms with E-state index in [1.54, 1.807) is 6.92 Å². The summed E-state index contributed by atoms with van der Waals surface area (Å²) in [5, 5.41) is 0. The van der Waals surface area contributed by atoms with Crippen LogP contribution in [-0.4, -0.2) is 37.1 Å². The van der Waals surface area contributed by atoms with Gasteiger partial charge >= 0.3 is 23.9 Å². The van der Waals surface area contributed by atoms with Crippen LogP contribution in [0.3, 0.4) is 0 Å². The maximum absolute atomic E-state index is 11.5. The van der Waals surface area contributed by atoms with E-state index in [1.807, 2.05) is 0 Å². The molecule has 1 fully saturated rings. The minimum absolute atomic E-state index is 0.188. The van der Waals surface area contributed by atoms with Gasteiger partial charge in [-0.05, 0) is 25.7 Å². The van der Waals surface area contributed by atoms with Gasteiger partial charge < -0.3 is 14.2 Å². The van der Waals surface area contributed by atoms with E-state index in [1.165, 1.54) is 0 Å². The topological polar surface area (TPSA) is 96.0 Å². The highest BCUT2D eigenvalue weighted by molar-refractivity contribution is 5.93. The summed E-state index contributed by atoms with van der Waals surface area (Å²) in [5.74, 6) is -2.84. The van der Waals surface area contributed by atoms with E-state index in [0.717, 1.165) is 37.8 Å². The third-order valence-electron chi connectivity index (χ3n) is 3.13. The van der Waals surface area contributed by atoms with Crippen molar-refractivity contribution in [1.82, 2.24) is 0 Å². The fourth-order valence-corrected chi connectivity index (χ4v) is 2.15. The molecule has 0 spiro atoms. The molecule has 0 bridgehead atoms. The van der Waals surface area contributed by atoms with Crippen molar-refractivity contribution < 1.29 is 33.4 Å². The largest absolute Gasteiger partial charge is 0.463 e. The zero-order chi connectivity index (χ0) is 16.4. The van der Waals surface area contributed by atoms with Gasteiger partial charge in [0.1, 0.15) is 0 Å². The van der Waals surface area contributed by atoms with Gasteiger partial charge in [0.25, 0.3) is 0 Å². The Labute approximate surface area is 128 Å². The molecule has 0 heterocycles. The van der Waals surface area contributed by atoms with Crippen molar-refractivity contribution in [2.45, 2.75) is 39.0 Å². The van der Waals surface area contributed by atoms with Crippen LogP contribution < -0.4 is 0 Å². The number of ether oxygens (including phenoxy) is 3. The minimum Gasteiger partial charge on any atom is -0.463 e. The zero-order valence-electron chi connectivity index (χ0n) is 12.5. The monoisotopic (exact) mass is 312 g/mol. The van der Waals surface area contributed by atoms with Gasteiger partial charge in [-0.25, -0.2) is 14.4 Å². The second-order valence-electron chi connectivity index (χ2n) is 4.89. The Hall–Kier alpha value is -2.18. The zero-order valence-corrected chi connectivity index (χ0v) is 12.5. The maximum atomic E-state index is 11.5. The summed E-state index contributed by atoms with van der Waals surface area (Å²) in [6.07, 6.45) is 6.07. The Morgan fingerprint density at radius 1 is 0.955 bits per heavy atom. The van der Waals surface area contributed by atoms with Crippen molar-refractivity contribution in [3.8, 4) is 0 Å². The molecule has 0 aromatic heterocycles. The van der Waals surface area contributed by atoms with Crippen LogP contribution in [0.25, 0.3) is 0 Å². The molecule has 0 saturated heterocycles. The molecule has 122 valence electrons. The molecule has 1 rings (SSSR count). The predicted octanol–water partition coefficient (Wildman–Crippen LogP) is 1.30. The van der Waals surface area contributed by atoms with Gasteiger partial charge in [0.2, 0.25) is 0 Å². The smallest absolute Gasteiger partial charge is 0.351 e. The summed E-state index contributed by atoms with van der Waals surface area (Å²) in [4.78, 5) is 45.0. The Morgan fingerprint density at radius 2 is 1.55 bits per heavy atom. The summed E-state index contributed by atoms with van der Waals surface area (Å²) in [6.45, 7) is 1.14. The summed E-state index contributed by atoms with van der Waals surface area (Å²) in [7, 11) is 0. The van der Waals surface area contributed by atoms with E-state index in [-0.39, 0.29) is 18.9 Å². The van der Waals surface area contributed by atoms with Crippen molar-refractivity contribution in [2.24, 2.45) is 5.92 Å². The average Bonchev–Trinajstić information content (AvgIpc) is 2.96. The van der Waals surface area contributed by atoms with Crippen molar-refractivity contribution in [3.63, 3.8) is 0 Å². The molecule has 1 saturated carbocycles. The first-order valence-electron chi connectivity index (χ1n) is 7.26. The quantitative estimate of drug-likeness (QED) is 0.302. The molecule has 1 aliphatic carbocycles. The fourth-order valence-electron chi connectivity index (χ4n) is 2.15. The van der Waals surface area contributed by atoms with Gasteiger partial charge in [0, 0.05) is 18.6 Å². The molecule has 0 amide bonds. The molecule has 1 aliphatic rings. The van der Waals surface area contributed by atoms with E-state index in [0.29, 0.717) is 0 Å². The molecule has 0 aliphatic heterocycles. The van der Waals surface area contributed by atoms with Crippen LogP contribution in [0.4, 0.5) is 0 Å². The first kappa shape index (κ1) is 17.9.